The fourth-order valence-electron chi connectivity index (χ4n) is 1.02. The summed E-state index contributed by atoms with van der Waals surface area (Å²) in [6.07, 6.45) is 0. The molecule has 1 aromatic carbocycles. The topological polar surface area (TPSA) is 35.8 Å². The van der Waals surface area contributed by atoms with E-state index in [-0.39, 0.29) is 11.7 Å². The van der Waals surface area contributed by atoms with Crippen molar-refractivity contribution in [2.45, 2.75) is 13.8 Å². The molecule has 1 atom stereocenters. The molecular formula is C11H13FN2. The Bertz CT molecular complexity index is 355. The molecule has 0 saturated heterocycles. The van der Waals surface area contributed by atoms with E-state index in [0.717, 1.165) is 5.69 Å². The lowest BCUT2D eigenvalue weighted by Crippen LogP contribution is -2.09. The third-order valence-electron chi connectivity index (χ3n) is 2.00. The summed E-state index contributed by atoms with van der Waals surface area (Å²) >= 11 is 0. The lowest BCUT2D eigenvalue weighted by atomic mass is 10.2. The van der Waals surface area contributed by atoms with E-state index in [1.54, 1.807) is 13.0 Å². The van der Waals surface area contributed by atoms with Gasteiger partial charge in [-0.15, -0.1) is 0 Å². The summed E-state index contributed by atoms with van der Waals surface area (Å²) in [7, 11) is 0. The number of halogens is 1. The monoisotopic (exact) mass is 192 g/mol. The highest BCUT2D eigenvalue weighted by Gasteiger charge is 2.01. The summed E-state index contributed by atoms with van der Waals surface area (Å²) in [5.74, 6) is -0.293. The van der Waals surface area contributed by atoms with Gasteiger partial charge in [-0.2, -0.15) is 5.26 Å². The molecule has 0 radical (unpaired) electrons. The van der Waals surface area contributed by atoms with Gasteiger partial charge in [0.2, 0.25) is 0 Å². The molecule has 14 heavy (non-hydrogen) atoms. The maximum atomic E-state index is 13.1. The van der Waals surface area contributed by atoms with Crippen molar-refractivity contribution >= 4 is 5.69 Å². The Labute approximate surface area is 83.4 Å². The highest BCUT2D eigenvalue weighted by molar-refractivity contribution is 5.45. The molecule has 0 aliphatic carbocycles. The van der Waals surface area contributed by atoms with Gasteiger partial charge >= 0.3 is 0 Å². The van der Waals surface area contributed by atoms with Crippen LogP contribution in [0.1, 0.15) is 12.5 Å². The number of aryl methyl sites for hydroxylation is 1. The summed E-state index contributed by atoms with van der Waals surface area (Å²) in [6, 6.07) is 7.07. The van der Waals surface area contributed by atoms with Crippen LogP contribution in [0.3, 0.4) is 0 Å². The molecule has 1 rings (SSSR count). The van der Waals surface area contributed by atoms with Crippen LogP contribution in [0.5, 0.6) is 0 Å². The highest BCUT2D eigenvalue weighted by Crippen LogP contribution is 2.13. The first-order valence-corrected chi connectivity index (χ1v) is 4.53. The van der Waals surface area contributed by atoms with Crippen molar-refractivity contribution in [3.05, 3.63) is 29.6 Å². The fraction of sp³-hybridized carbons (Fsp3) is 0.364. The van der Waals surface area contributed by atoms with E-state index in [1.807, 2.05) is 13.0 Å². The Morgan fingerprint density at radius 2 is 2.29 bits per heavy atom. The average Bonchev–Trinajstić information content (AvgIpc) is 2.19. The molecule has 3 heteroatoms. The van der Waals surface area contributed by atoms with Crippen LogP contribution in [-0.4, -0.2) is 6.54 Å². The van der Waals surface area contributed by atoms with Gasteiger partial charge in [0.05, 0.1) is 12.0 Å². The normalized spacial score (nSPS) is 11.9. The Kier molecular flexibility index (Phi) is 3.47. The van der Waals surface area contributed by atoms with E-state index >= 15 is 0 Å². The zero-order valence-corrected chi connectivity index (χ0v) is 8.34. The number of anilines is 1. The summed E-state index contributed by atoms with van der Waals surface area (Å²) in [4.78, 5) is 0. The van der Waals surface area contributed by atoms with Crippen LogP contribution in [0.4, 0.5) is 10.1 Å². The lowest BCUT2D eigenvalue weighted by Gasteiger charge is -2.07. The van der Waals surface area contributed by atoms with Gasteiger partial charge in [-0.3, -0.25) is 0 Å². The van der Waals surface area contributed by atoms with Crippen molar-refractivity contribution in [1.82, 2.24) is 0 Å². The Morgan fingerprint density at radius 1 is 1.57 bits per heavy atom. The van der Waals surface area contributed by atoms with Crippen LogP contribution < -0.4 is 5.32 Å². The lowest BCUT2D eigenvalue weighted by molar-refractivity contribution is 0.618. The van der Waals surface area contributed by atoms with Crippen molar-refractivity contribution < 1.29 is 4.39 Å². The van der Waals surface area contributed by atoms with Gasteiger partial charge in [-0.05, 0) is 31.5 Å². The standard InChI is InChI=1S/C11H13FN2/c1-8(6-13)7-14-10-4-3-9(2)11(12)5-10/h3-5,8,14H,7H2,1-2H3. The molecule has 1 unspecified atom stereocenters. The Hall–Kier alpha value is -1.56. The van der Waals surface area contributed by atoms with Gasteiger partial charge in [-0.1, -0.05) is 6.07 Å². The maximum absolute atomic E-state index is 13.1. The number of benzene rings is 1. The van der Waals surface area contributed by atoms with Gasteiger partial charge in [-0.25, -0.2) is 4.39 Å². The number of nitriles is 1. The minimum absolute atomic E-state index is 0.0700. The second kappa shape index (κ2) is 4.61. The molecule has 0 heterocycles. The molecule has 2 nitrogen and oxygen atoms in total. The summed E-state index contributed by atoms with van der Waals surface area (Å²) in [5.41, 5.74) is 1.35. The zero-order chi connectivity index (χ0) is 10.6. The number of hydrogen-bond donors (Lipinski definition) is 1. The first-order chi connectivity index (χ1) is 6.63. The SMILES string of the molecule is Cc1ccc(NCC(C)C#N)cc1F. The van der Waals surface area contributed by atoms with Crippen molar-refractivity contribution in [2.24, 2.45) is 5.92 Å². The van der Waals surface area contributed by atoms with E-state index in [4.69, 9.17) is 5.26 Å². The van der Waals surface area contributed by atoms with E-state index in [2.05, 4.69) is 11.4 Å². The van der Waals surface area contributed by atoms with Crippen LogP contribution in [0.2, 0.25) is 0 Å². The first kappa shape index (κ1) is 10.5. The fourth-order valence-corrected chi connectivity index (χ4v) is 1.02. The first-order valence-electron chi connectivity index (χ1n) is 4.53. The number of rotatable bonds is 3. The number of hydrogen-bond acceptors (Lipinski definition) is 2. The van der Waals surface area contributed by atoms with Crippen LogP contribution in [0.15, 0.2) is 18.2 Å². The molecule has 1 aromatic rings. The van der Waals surface area contributed by atoms with Crippen molar-refractivity contribution in [1.29, 1.82) is 5.26 Å². The van der Waals surface area contributed by atoms with Gasteiger partial charge < -0.3 is 5.32 Å². The number of nitrogens with one attached hydrogen (secondary N) is 1. The second-order valence-electron chi connectivity index (χ2n) is 3.38. The Balaban J connectivity index is 2.61. The average molecular weight is 192 g/mol. The molecule has 0 spiro atoms. The second-order valence-corrected chi connectivity index (χ2v) is 3.38. The maximum Gasteiger partial charge on any atom is 0.128 e. The van der Waals surface area contributed by atoms with E-state index in [1.165, 1.54) is 6.07 Å². The Morgan fingerprint density at radius 3 is 2.86 bits per heavy atom. The third kappa shape index (κ3) is 2.74. The summed E-state index contributed by atoms with van der Waals surface area (Å²) < 4.78 is 13.1. The van der Waals surface area contributed by atoms with Crippen LogP contribution in [-0.2, 0) is 0 Å². The molecule has 0 aliphatic rings. The van der Waals surface area contributed by atoms with Gasteiger partial charge in [0.1, 0.15) is 5.82 Å². The molecule has 1 N–H and O–H groups in total. The van der Waals surface area contributed by atoms with Crippen molar-refractivity contribution in [3.8, 4) is 6.07 Å². The quantitative estimate of drug-likeness (QED) is 0.799. The molecule has 0 fully saturated rings. The van der Waals surface area contributed by atoms with Crippen molar-refractivity contribution in [3.63, 3.8) is 0 Å². The highest BCUT2D eigenvalue weighted by atomic mass is 19.1. The van der Waals surface area contributed by atoms with Crippen LogP contribution in [0.25, 0.3) is 0 Å². The van der Waals surface area contributed by atoms with Crippen LogP contribution in [0, 0.1) is 30.0 Å². The summed E-state index contributed by atoms with van der Waals surface area (Å²) in [6.45, 7) is 4.08. The minimum Gasteiger partial charge on any atom is -0.384 e. The predicted molar refractivity (Wildman–Crippen MR) is 54.4 cm³/mol. The smallest absolute Gasteiger partial charge is 0.128 e. The summed E-state index contributed by atoms with van der Waals surface area (Å²) in [5, 5.41) is 11.5. The minimum atomic E-state index is -0.223. The van der Waals surface area contributed by atoms with E-state index in [0.29, 0.717) is 12.1 Å². The number of nitrogens with zero attached hydrogens (tertiary/aromatic N) is 1. The molecule has 0 aromatic heterocycles. The molecule has 74 valence electrons. The molecule has 0 bridgehead atoms. The molecule has 0 saturated carbocycles. The molecular weight excluding hydrogens is 179 g/mol. The van der Waals surface area contributed by atoms with Crippen LogP contribution >= 0.6 is 0 Å². The predicted octanol–water partition coefficient (Wildman–Crippen LogP) is 2.71. The van der Waals surface area contributed by atoms with Gasteiger partial charge in [0.15, 0.2) is 0 Å². The molecule has 0 amide bonds. The van der Waals surface area contributed by atoms with E-state index in [9.17, 15) is 4.39 Å². The van der Waals surface area contributed by atoms with Gasteiger partial charge in [0.25, 0.3) is 0 Å². The van der Waals surface area contributed by atoms with Gasteiger partial charge in [0, 0.05) is 12.2 Å². The van der Waals surface area contributed by atoms with Crippen molar-refractivity contribution in [2.75, 3.05) is 11.9 Å². The zero-order valence-electron chi connectivity index (χ0n) is 8.34. The molecule has 0 aliphatic heterocycles. The van der Waals surface area contributed by atoms with E-state index < -0.39 is 0 Å². The third-order valence-corrected chi connectivity index (χ3v) is 2.00. The largest absolute Gasteiger partial charge is 0.384 e.